The molecule has 2 rings (SSSR count). The molecular weight excluding hydrogens is 308 g/mol. The number of amides is 1. The van der Waals surface area contributed by atoms with Crippen molar-refractivity contribution in [3.05, 3.63) is 50.5 Å². The van der Waals surface area contributed by atoms with Crippen LogP contribution in [0.25, 0.3) is 0 Å². The minimum atomic E-state index is -0.948. The van der Waals surface area contributed by atoms with Gasteiger partial charge < -0.3 is 10.4 Å². The van der Waals surface area contributed by atoms with Crippen LogP contribution in [-0.4, -0.2) is 32.1 Å². The number of carbonyl (C=O) groups is 1. The molecular formula is C13H14N4O4S. The SMILES string of the molecule is CCc1nnsc1C(=O)NC[C@H](O)c1ccc([N+](=O)[O-])cc1. The third-order valence-electron chi connectivity index (χ3n) is 3.04. The molecule has 0 unspecified atom stereocenters. The summed E-state index contributed by atoms with van der Waals surface area (Å²) in [6.07, 6.45) is -0.347. The van der Waals surface area contributed by atoms with Gasteiger partial charge in [0, 0.05) is 18.7 Å². The molecule has 8 nitrogen and oxygen atoms in total. The van der Waals surface area contributed by atoms with Gasteiger partial charge in [-0.15, -0.1) is 5.10 Å². The van der Waals surface area contributed by atoms with Crippen LogP contribution in [0, 0.1) is 10.1 Å². The summed E-state index contributed by atoms with van der Waals surface area (Å²) in [6, 6.07) is 5.53. The van der Waals surface area contributed by atoms with Crippen molar-refractivity contribution >= 4 is 23.1 Å². The van der Waals surface area contributed by atoms with Crippen LogP contribution in [0.15, 0.2) is 24.3 Å². The number of aliphatic hydroxyl groups excluding tert-OH is 1. The molecule has 2 N–H and O–H groups in total. The van der Waals surface area contributed by atoms with Crippen LogP contribution in [0.5, 0.6) is 0 Å². The van der Waals surface area contributed by atoms with E-state index in [1.54, 1.807) is 0 Å². The molecule has 1 aromatic carbocycles. The van der Waals surface area contributed by atoms with Gasteiger partial charge in [0.1, 0.15) is 4.88 Å². The van der Waals surface area contributed by atoms with Crippen LogP contribution in [-0.2, 0) is 6.42 Å². The van der Waals surface area contributed by atoms with Crippen LogP contribution in [0.2, 0.25) is 0 Å². The van der Waals surface area contributed by atoms with Gasteiger partial charge in [-0.3, -0.25) is 14.9 Å². The summed E-state index contributed by atoms with van der Waals surface area (Å²) < 4.78 is 3.73. The molecule has 0 saturated heterocycles. The molecule has 1 atom stereocenters. The lowest BCUT2D eigenvalue weighted by atomic mass is 10.1. The van der Waals surface area contributed by atoms with Gasteiger partial charge in [0.2, 0.25) is 0 Å². The maximum Gasteiger partial charge on any atom is 0.269 e. The maximum atomic E-state index is 12.0. The first-order valence-corrected chi connectivity index (χ1v) is 7.32. The third-order valence-corrected chi connectivity index (χ3v) is 3.81. The van der Waals surface area contributed by atoms with E-state index >= 15 is 0 Å². The number of hydrogen-bond donors (Lipinski definition) is 2. The van der Waals surface area contributed by atoms with Crippen molar-refractivity contribution in [2.75, 3.05) is 6.54 Å². The highest BCUT2D eigenvalue weighted by Crippen LogP contribution is 2.17. The zero-order valence-corrected chi connectivity index (χ0v) is 12.5. The molecule has 1 amide bonds. The molecule has 2 aromatic rings. The fraction of sp³-hybridized carbons (Fsp3) is 0.308. The van der Waals surface area contributed by atoms with Gasteiger partial charge in [-0.25, -0.2) is 0 Å². The van der Waals surface area contributed by atoms with Gasteiger partial charge in [-0.05, 0) is 35.6 Å². The quantitative estimate of drug-likeness (QED) is 0.614. The standard InChI is InChI=1S/C13H14N4O4S/c1-2-10-12(22-16-15-10)13(19)14-7-11(18)8-3-5-9(6-4-8)17(20)21/h3-6,11,18H,2,7H2,1H3,(H,14,19)/t11-/m0/s1. The van der Waals surface area contributed by atoms with E-state index in [4.69, 9.17) is 0 Å². The van der Waals surface area contributed by atoms with Gasteiger partial charge >= 0.3 is 0 Å². The highest BCUT2D eigenvalue weighted by Gasteiger charge is 2.17. The Morgan fingerprint density at radius 2 is 2.14 bits per heavy atom. The second kappa shape index (κ2) is 7.05. The van der Waals surface area contributed by atoms with Crippen molar-refractivity contribution in [1.82, 2.24) is 14.9 Å². The molecule has 9 heteroatoms. The molecule has 0 fully saturated rings. The van der Waals surface area contributed by atoms with Gasteiger partial charge in [0.25, 0.3) is 11.6 Å². The number of aryl methyl sites for hydroxylation is 1. The average molecular weight is 322 g/mol. The smallest absolute Gasteiger partial charge is 0.269 e. The summed E-state index contributed by atoms with van der Waals surface area (Å²) in [5.74, 6) is -0.340. The number of carbonyl (C=O) groups excluding carboxylic acids is 1. The number of rotatable bonds is 6. The van der Waals surface area contributed by atoms with Crippen molar-refractivity contribution < 1.29 is 14.8 Å². The molecule has 0 aliphatic carbocycles. The van der Waals surface area contributed by atoms with E-state index in [1.165, 1.54) is 24.3 Å². The van der Waals surface area contributed by atoms with Crippen molar-refractivity contribution in [2.45, 2.75) is 19.4 Å². The van der Waals surface area contributed by atoms with Crippen LogP contribution in [0.3, 0.4) is 0 Å². The summed E-state index contributed by atoms with van der Waals surface area (Å²) in [7, 11) is 0. The van der Waals surface area contributed by atoms with Gasteiger partial charge in [-0.1, -0.05) is 11.4 Å². The fourth-order valence-electron chi connectivity index (χ4n) is 1.82. The molecule has 1 aromatic heterocycles. The Morgan fingerprint density at radius 1 is 1.45 bits per heavy atom. The number of nitrogens with one attached hydrogen (secondary N) is 1. The predicted molar refractivity (Wildman–Crippen MR) is 79.7 cm³/mol. The van der Waals surface area contributed by atoms with Crippen LogP contribution < -0.4 is 5.32 Å². The first-order valence-electron chi connectivity index (χ1n) is 6.54. The van der Waals surface area contributed by atoms with E-state index in [2.05, 4.69) is 14.9 Å². The number of benzene rings is 1. The van der Waals surface area contributed by atoms with E-state index in [0.717, 1.165) is 11.5 Å². The molecule has 0 bridgehead atoms. The molecule has 116 valence electrons. The lowest BCUT2D eigenvalue weighted by Crippen LogP contribution is -2.28. The molecule has 0 aliphatic rings. The van der Waals surface area contributed by atoms with E-state index in [0.29, 0.717) is 22.6 Å². The number of aliphatic hydroxyl groups is 1. The summed E-state index contributed by atoms with van der Waals surface area (Å²) in [5, 5.41) is 27.0. The molecule has 1 heterocycles. The lowest BCUT2D eigenvalue weighted by molar-refractivity contribution is -0.384. The van der Waals surface area contributed by atoms with Crippen LogP contribution in [0.4, 0.5) is 5.69 Å². The minimum Gasteiger partial charge on any atom is -0.387 e. The fourth-order valence-corrected chi connectivity index (χ4v) is 2.48. The summed E-state index contributed by atoms with van der Waals surface area (Å²) in [6.45, 7) is 1.87. The Morgan fingerprint density at radius 3 is 2.73 bits per heavy atom. The normalized spacial score (nSPS) is 11.9. The van der Waals surface area contributed by atoms with E-state index in [1.807, 2.05) is 6.92 Å². The Balaban J connectivity index is 1.96. The highest BCUT2D eigenvalue weighted by atomic mass is 32.1. The second-order valence-corrected chi connectivity index (χ2v) is 5.23. The van der Waals surface area contributed by atoms with Crippen molar-refractivity contribution in [2.24, 2.45) is 0 Å². The summed E-state index contributed by atoms with van der Waals surface area (Å²) in [4.78, 5) is 22.5. The Hall–Kier alpha value is -2.39. The predicted octanol–water partition coefficient (Wildman–Crippen LogP) is 1.47. The Bertz CT molecular complexity index is 671. The third kappa shape index (κ3) is 3.62. The topological polar surface area (TPSA) is 118 Å². The Labute approximate surface area is 130 Å². The van der Waals surface area contributed by atoms with Crippen molar-refractivity contribution in [1.29, 1.82) is 0 Å². The average Bonchev–Trinajstić information content (AvgIpc) is 3.01. The molecule has 0 spiro atoms. The number of non-ortho nitro benzene ring substituents is 1. The molecule has 22 heavy (non-hydrogen) atoms. The second-order valence-electron chi connectivity index (χ2n) is 4.48. The van der Waals surface area contributed by atoms with Crippen molar-refractivity contribution in [3.63, 3.8) is 0 Å². The molecule has 0 aliphatic heterocycles. The minimum absolute atomic E-state index is 0.00228. The monoisotopic (exact) mass is 322 g/mol. The number of hydrogen-bond acceptors (Lipinski definition) is 7. The van der Waals surface area contributed by atoms with Gasteiger partial charge in [0.15, 0.2) is 0 Å². The summed E-state index contributed by atoms with van der Waals surface area (Å²) >= 11 is 1.01. The van der Waals surface area contributed by atoms with Gasteiger partial charge in [-0.2, -0.15) is 0 Å². The van der Waals surface area contributed by atoms with Crippen LogP contribution in [0.1, 0.15) is 34.0 Å². The molecule has 0 radical (unpaired) electrons. The number of nitro groups is 1. The maximum absolute atomic E-state index is 12.0. The van der Waals surface area contributed by atoms with E-state index in [9.17, 15) is 20.0 Å². The first kappa shape index (κ1) is 16.0. The van der Waals surface area contributed by atoms with E-state index < -0.39 is 11.0 Å². The highest BCUT2D eigenvalue weighted by molar-refractivity contribution is 7.08. The number of nitrogens with zero attached hydrogens (tertiary/aromatic N) is 3. The zero-order valence-electron chi connectivity index (χ0n) is 11.7. The largest absolute Gasteiger partial charge is 0.387 e. The number of nitro benzene ring substituents is 1. The number of aromatic nitrogens is 2. The lowest BCUT2D eigenvalue weighted by Gasteiger charge is -2.11. The first-order chi connectivity index (χ1) is 10.5. The van der Waals surface area contributed by atoms with Crippen molar-refractivity contribution in [3.8, 4) is 0 Å². The van der Waals surface area contributed by atoms with E-state index in [-0.39, 0.29) is 18.1 Å². The van der Waals surface area contributed by atoms with Gasteiger partial charge in [0.05, 0.1) is 16.7 Å². The molecule has 0 saturated carbocycles. The Kier molecular flexibility index (Phi) is 5.12. The summed E-state index contributed by atoms with van der Waals surface area (Å²) in [5.41, 5.74) is 1.06. The van der Waals surface area contributed by atoms with Crippen LogP contribution >= 0.6 is 11.5 Å². The zero-order chi connectivity index (χ0) is 16.1.